The van der Waals surface area contributed by atoms with Crippen molar-refractivity contribution < 1.29 is 23.7 Å². The number of hydrogen-bond acceptors (Lipinski definition) is 5. The molecule has 4 atom stereocenters. The fourth-order valence-electron chi connectivity index (χ4n) is 8.40. The Morgan fingerprint density at radius 1 is 0.596 bits per heavy atom. The zero-order valence-electron chi connectivity index (χ0n) is 24.7. The number of hydrogen-bond donors (Lipinski definition) is 0. The largest absolute Gasteiger partial charge is 0.297 e. The molecule has 1 saturated heterocycles. The van der Waals surface area contributed by atoms with Crippen molar-refractivity contribution in [3.8, 4) is 0 Å². The Hall–Kier alpha value is -6.02. The van der Waals surface area contributed by atoms with Crippen LogP contribution in [0.4, 0.5) is 15.8 Å². The Morgan fingerprint density at radius 3 is 1.40 bits per heavy atom. The van der Waals surface area contributed by atoms with Crippen LogP contribution in [0.5, 0.6) is 0 Å². The molecule has 3 aliphatic rings. The van der Waals surface area contributed by atoms with Gasteiger partial charge in [0.25, 0.3) is 5.69 Å². The maximum absolute atomic E-state index is 15.8. The van der Waals surface area contributed by atoms with Crippen molar-refractivity contribution in [2.75, 3.05) is 4.90 Å². The van der Waals surface area contributed by atoms with Gasteiger partial charge in [0.2, 0.25) is 11.8 Å². The van der Waals surface area contributed by atoms with Crippen LogP contribution < -0.4 is 4.90 Å². The molecular weight excluding hydrogens is 595 g/mol. The molecule has 1 saturated carbocycles. The first-order chi connectivity index (χ1) is 22.8. The number of amides is 2. The summed E-state index contributed by atoms with van der Waals surface area (Å²) in [4.78, 5) is 57.9. The third kappa shape index (κ3) is 3.58. The lowest BCUT2D eigenvalue weighted by atomic mass is 9.59. The van der Waals surface area contributed by atoms with Gasteiger partial charge in [0.1, 0.15) is 11.5 Å². The highest BCUT2D eigenvalue weighted by Gasteiger charge is 2.83. The molecule has 228 valence electrons. The first kappa shape index (κ1) is 28.5. The molecule has 7 nitrogen and oxygen atoms in total. The van der Waals surface area contributed by atoms with Gasteiger partial charge in [0.15, 0.2) is 5.78 Å². The lowest BCUT2D eigenvalue weighted by Crippen LogP contribution is -2.45. The van der Waals surface area contributed by atoms with Crippen molar-refractivity contribution in [3.05, 3.63) is 178 Å². The molecule has 2 aliphatic carbocycles. The Morgan fingerprint density at radius 2 is 1.00 bits per heavy atom. The van der Waals surface area contributed by atoms with Gasteiger partial charge in [-0.1, -0.05) is 121 Å². The minimum Gasteiger partial charge on any atom is -0.297 e. The molecule has 2 amide bonds. The monoisotopic (exact) mass is 620 g/mol. The second kappa shape index (κ2) is 10.3. The van der Waals surface area contributed by atoms with Crippen LogP contribution in [0.2, 0.25) is 0 Å². The standard InChI is InChI=1S/C39H25FN2O5/c40-28-21-22-29(30(23-28)42(46)47)41-35(43)33-34(36(41)44)39(27-19-11-4-12-20-27)32(25-15-7-2-8-16-25)31(24-13-5-1-6-14-24)38(33,37(39)45)26-17-9-3-10-18-26/h1-23,33-34H/t33-,34+,38-,39-/m0/s1. The maximum Gasteiger partial charge on any atom is 0.296 e. The number of allylic oxidation sites excluding steroid dienone is 2. The van der Waals surface area contributed by atoms with E-state index in [4.69, 9.17) is 0 Å². The Kier molecular flexibility index (Phi) is 6.21. The van der Waals surface area contributed by atoms with Gasteiger partial charge in [-0.05, 0) is 45.5 Å². The van der Waals surface area contributed by atoms with E-state index in [1.54, 1.807) is 48.5 Å². The Balaban J connectivity index is 1.55. The van der Waals surface area contributed by atoms with Crippen molar-refractivity contribution in [2.24, 2.45) is 11.8 Å². The summed E-state index contributed by atoms with van der Waals surface area (Å²) < 4.78 is 14.3. The smallest absolute Gasteiger partial charge is 0.296 e. The highest BCUT2D eigenvalue weighted by atomic mass is 19.1. The van der Waals surface area contributed by atoms with Gasteiger partial charge in [-0.15, -0.1) is 0 Å². The predicted octanol–water partition coefficient (Wildman–Crippen LogP) is 6.92. The molecule has 5 aromatic rings. The summed E-state index contributed by atoms with van der Waals surface area (Å²) in [5.74, 6) is -5.17. The second-order valence-electron chi connectivity index (χ2n) is 12.0. The Labute approximate surface area is 268 Å². The number of nitro groups is 1. The average Bonchev–Trinajstić information content (AvgIpc) is 3.62. The molecule has 0 aromatic heterocycles. The number of imide groups is 1. The van der Waals surface area contributed by atoms with Crippen LogP contribution in [0.25, 0.3) is 11.1 Å². The SMILES string of the molecule is O=C1[C@@H]2[C@H](C(=O)N1c1ccc(F)cc1[N+](=O)[O-])[C@@]1(c3ccccc3)C(=O)[C@@]2(c2ccccc2)C(c2ccccc2)=C1c1ccccc1. The van der Waals surface area contributed by atoms with E-state index in [0.717, 1.165) is 17.0 Å². The summed E-state index contributed by atoms with van der Waals surface area (Å²) in [5.41, 5.74) is -0.607. The van der Waals surface area contributed by atoms with E-state index in [9.17, 15) is 24.1 Å². The topological polar surface area (TPSA) is 97.6 Å². The minimum absolute atomic E-state index is 0.301. The summed E-state index contributed by atoms with van der Waals surface area (Å²) in [5, 5.41) is 12.2. The number of carbonyl (C=O) groups excluding carboxylic acids is 3. The highest BCUT2D eigenvalue weighted by Crippen LogP contribution is 2.74. The lowest BCUT2D eigenvalue weighted by molar-refractivity contribution is -0.384. The van der Waals surface area contributed by atoms with Gasteiger partial charge < -0.3 is 0 Å². The number of fused-ring (bicyclic) bond motifs is 5. The molecule has 8 rings (SSSR count). The number of Topliss-reactive ketones (excluding diaryl/α,β-unsaturated/α-hetero) is 1. The van der Waals surface area contributed by atoms with Crippen LogP contribution in [0.1, 0.15) is 22.3 Å². The zero-order valence-corrected chi connectivity index (χ0v) is 24.7. The van der Waals surface area contributed by atoms with Crippen molar-refractivity contribution in [2.45, 2.75) is 10.8 Å². The average molecular weight is 621 g/mol. The van der Waals surface area contributed by atoms with Crippen LogP contribution in [0.3, 0.4) is 0 Å². The van der Waals surface area contributed by atoms with E-state index in [2.05, 4.69) is 0 Å². The van der Waals surface area contributed by atoms with Crippen LogP contribution in [0, 0.1) is 27.8 Å². The number of nitro benzene ring substituents is 1. The van der Waals surface area contributed by atoms with Gasteiger partial charge in [-0.3, -0.25) is 24.5 Å². The van der Waals surface area contributed by atoms with E-state index in [1.807, 2.05) is 72.8 Å². The van der Waals surface area contributed by atoms with E-state index >= 15 is 4.79 Å². The van der Waals surface area contributed by atoms with E-state index in [-0.39, 0.29) is 11.5 Å². The number of benzene rings is 5. The fourth-order valence-corrected chi connectivity index (χ4v) is 8.40. The summed E-state index contributed by atoms with van der Waals surface area (Å²) in [6.45, 7) is 0. The molecule has 2 bridgehead atoms. The van der Waals surface area contributed by atoms with Crippen LogP contribution in [-0.4, -0.2) is 22.5 Å². The first-order valence-electron chi connectivity index (χ1n) is 15.2. The van der Waals surface area contributed by atoms with Gasteiger partial charge in [0, 0.05) is 0 Å². The third-order valence-corrected chi connectivity index (χ3v) is 9.95. The molecule has 0 radical (unpaired) electrons. The number of ketones is 1. The molecule has 0 N–H and O–H groups in total. The number of rotatable bonds is 6. The lowest BCUT2D eigenvalue weighted by Gasteiger charge is -2.39. The van der Waals surface area contributed by atoms with E-state index < -0.39 is 50.9 Å². The fraction of sp³-hybridized carbons (Fsp3) is 0.103. The van der Waals surface area contributed by atoms with Crippen LogP contribution in [0.15, 0.2) is 140 Å². The van der Waals surface area contributed by atoms with Crippen molar-refractivity contribution in [1.29, 1.82) is 0 Å². The normalized spacial score (nSPS) is 24.6. The Bertz CT molecular complexity index is 2030. The van der Waals surface area contributed by atoms with Crippen LogP contribution in [-0.2, 0) is 25.2 Å². The number of anilines is 1. The van der Waals surface area contributed by atoms with Crippen molar-refractivity contribution >= 4 is 40.1 Å². The molecule has 47 heavy (non-hydrogen) atoms. The van der Waals surface area contributed by atoms with Crippen molar-refractivity contribution in [3.63, 3.8) is 0 Å². The molecule has 1 aliphatic heterocycles. The number of nitrogens with zero attached hydrogens (tertiary/aromatic N) is 2. The number of halogens is 1. The minimum atomic E-state index is -1.65. The molecule has 0 unspecified atom stereocenters. The van der Waals surface area contributed by atoms with Gasteiger partial charge in [0.05, 0.1) is 33.7 Å². The summed E-state index contributed by atoms with van der Waals surface area (Å²) in [7, 11) is 0. The van der Waals surface area contributed by atoms with Gasteiger partial charge in [-0.2, -0.15) is 0 Å². The molecule has 2 fully saturated rings. The summed E-state index contributed by atoms with van der Waals surface area (Å²) >= 11 is 0. The summed E-state index contributed by atoms with van der Waals surface area (Å²) in [6, 6.07) is 39.6. The number of carbonyl (C=O) groups is 3. The molecule has 5 aromatic carbocycles. The molecule has 8 heteroatoms. The predicted molar refractivity (Wildman–Crippen MR) is 173 cm³/mol. The second-order valence-corrected chi connectivity index (χ2v) is 12.0. The summed E-state index contributed by atoms with van der Waals surface area (Å²) in [6.07, 6.45) is 0. The van der Waals surface area contributed by atoms with Crippen molar-refractivity contribution in [1.82, 2.24) is 0 Å². The molecule has 1 heterocycles. The maximum atomic E-state index is 15.8. The van der Waals surface area contributed by atoms with E-state index in [1.165, 1.54) is 0 Å². The quantitative estimate of drug-likeness (QED) is 0.117. The van der Waals surface area contributed by atoms with Crippen LogP contribution >= 0.6 is 0 Å². The van der Waals surface area contributed by atoms with Gasteiger partial charge in [-0.25, -0.2) is 9.29 Å². The molecule has 0 spiro atoms. The zero-order chi connectivity index (χ0) is 32.5. The highest BCUT2D eigenvalue weighted by molar-refractivity contribution is 6.39. The first-order valence-corrected chi connectivity index (χ1v) is 15.2. The van der Waals surface area contributed by atoms with Gasteiger partial charge >= 0.3 is 0 Å². The third-order valence-electron chi connectivity index (χ3n) is 9.95. The molecular formula is C39H25FN2O5. The van der Waals surface area contributed by atoms with E-state index in [0.29, 0.717) is 39.5 Å².